The number of carboxylic acids is 1. The number of hydrogen-bond acceptors (Lipinski definition) is 3. The number of aryl methyl sites for hydroxylation is 2. The Morgan fingerprint density at radius 2 is 1.92 bits per heavy atom. The van der Waals surface area contributed by atoms with E-state index in [0.29, 0.717) is 6.42 Å². The second-order valence-corrected chi connectivity index (χ2v) is 7.96. The fourth-order valence-electron chi connectivity index (χ4n) is 4.92. The highest BCUT2D eigenvalue weighted by molar-refractivity contribution is 5.66. The van der Waals surface area contributed by atoms with E-state index in [4.69, 9.17) is 5.11 Å². The molecule has 1 aromatic rings. The number of hydrogen-bond donors (Lipinski definition) is 2. The second kappa shape index (κ2) is 8.68. The predicted molar refractivity (Wildman–Crippen MR) is 99.8 cm³/mol. The average molecular weight is 355 g/mol. The van der Waals surface area contributed by atoms with Crippen molar-refractivity contribution < 1.29 is 15.0 Å². The van der Waals surface area contributed by atoms with Crippen molar-refractivity contribution in [1.29, 1.82) is 5.26 Å². The summed E-state index contributed by atoms with van der Waals surface area (Å²) in [5.41, 5.74) is 4.06. The van der Waals surface area contributed by atoms with Crippen LogP contribution in [0.3, 0.4) is 0 Å². The fraction of sp³-hybridized carbons (Fsp3) is 0.636. The molecule has 4 nitrogen and oxygen atoms in total. The van der Waals surface area contributed by atoms with E-state index in [0.717, 1.165) is 44.9 Å². The summed E-state index contributed by atoms with van der Waals surface area (Å²) in [6.45, 7) is 0. The molecule has 0 amide bonds. The summed E-state index contributed by atoms with van der Waals surface area (Å²) in [4.78, 5) is 10.6. The molecule has 0 radical (unpaired) electrons. The number of nitrogens with zero attached hydrogens (tertiary/aromatic N) is 1. The van der Waals surface area contributed by atoms with Crippen LogP contribution in [0.4, 0.5) is 0 Å². The first-order valence-electron chi connectivity index (χ1n) is 10.0. The van der Waals surface area contributed by atoms with Gasteiger partial charge in [0.25, 0.3) is 0 Å². The first-order chi connectivity index (χ1) is 12.6. The number of carbonyl (C=O) groups is 1. The summed E-state index contributed by atoms with van der Waals surface area (Å²) >= 11 is 0. The van der Waals surface area contributed by atoms with Crippen LogP contribution in [0, 0.1) is 23.2 Å². The van der Waals surface area contributed by atoms with E-state index >= 15 is 0 Å². The zero-order valence-electron chi connectivity index (χ0n) is 15.4. The summed E-state index contributed by atoms with van der Waals surface area (Å²) in [7, 11) is 0. The van der Waals surface area contributed by atoms with Gasteiger partial charge in [-0.1, -0.05) is 37.5 Å². The number of aliphatic hydroxyl groups excluding tert-OH is 1. The molecule has 4 atom stereocenters. The molecule has 2 N–H and O–H groups in total. The standard InChI is InChI=1S/C22H29NO3/c23-14-18-13-20(24)22(17-11-10-15-6-5-7-16(15)12-17)19(18)8-3-1-2-4-9-21(25)26/h10-12,18-20,22,24H,1-9,13H2,(H,25,26)/t18-,19?,20+,22?/m0/s1. The van der Waals surface area contributed by atoms with Crippen LogP contribution >= 0.6 is 0 Å². The van der Waals surface area contributed by atoms with Crippen molar-refractivity contribution >= 4 is 5.97 Å². The minimum absolute atomic E-state index is 0.0598. The topological polar surface area (TPSA) is 81.3 Å². The molecular formula is C22H29NO3. The molecular weight excluding hydrogens is 326 g/mol. The molecule has 140 valence electrons. The Hall–Kier alpha value is -1.86. The van der Waals surface area contributed by atoms with E-state index < -0.39 is 12.1 Å². The van der Waals surface area contributed by atoms with Gasteiger partial charge in [0.05, 0.1) is 18.1 Å². The maximum absolute atomic E-state index is 10.6. The molecule has 2 unspecified atom stereocenters. The minimum atomic E-state index is -0.731. The quantitative estimate of drug-likeness (QED) is 0.685. The van der Waals surface area contributed by atoms with E-state index in [9.17, 15) is 15.2 Å². The molecule has 26 heavy (non-hydrogen) atoms. The van der Waals surface area contributed by atoms with Gasteiger partial charge in [-0.25, -0.2) is 0 Å². The first-order valence-corrected chi connectivity index (χ1v) is 10.0. The highest BCUT2D eigenvalue weighted by Gasteiger charge is 2.43. The molecule has 1 fully saturated rings. The molecule has 0 heterocycles. The third-order valence-electron chi connectivity index (χ3n) is 6.24. The Kier molecular flexibility index (Phi) is 6.32. The maximum atomic E-state index is 10.6. The van der Waals surface area contributed by atoms with Crippen LogP contribution in [0.1, 0.15) is 74.0 Å². The van der Waals surface area contributed by atoms with E-state index in [2.05, 4.69) is 24.3 Å². The fourth-order valence-corrected chi connectivity index (χ4v) is 4.92. The largest absolute Gasteiger partial charge is 0.481 e. The number of aliphatic carboxylic acids is 1. The molecule has 1 aromatic carbocycles. The monoisotopic (exact) mass is 355 g/mol. The van der Waals surface area contributed by atoms with Crippen molar-refractivity contribution in [3.05, 3.63) is 34.9 Å². The van der Waals surface area contributed by atoms with Gasteiger partial charge in [-0.05, 0) is 61.1 Å². The third-order valence-corrected chi connectivity index (χ3v) is 6.24. The van der Waals surface area contributed by atoms with Crippen LogP contribution in [0.25, 0.3) is 0 Å². The molecule has 0 spiro atoms. The van der Waals surface area contributed by atoms with Crippen molar-refractivity contribution in [3.63, 3.8) is 0 Å². The van der Waals surface area contributed by atoms with Crippen molar-refractivity contribution in [2.24, 2.45) is 11.8 Å². The van der Waals surface area contributed by atoms with Crippen LogP contribution in [-0.2, 0) is 17.6 Å². The lowest BCUT2D eigenvalue weighted by Crippen LogP contribution is -2.18. The average Bonchev–Trinajstić information content (AvgIpc) is 3.20. The molecule has 0 aromatic heterocycles. The van der Waals surface area contributed by atoms with Gasteiger partial charge in [0.15, 0.2) is 0 Å². The highest BCUT2D eigenvalue weighted by Crippen LogP contribution is 2.46. The molecule has 4 heteroatoms. The van der Waals surface area contributed by atoms with E-state index in [1.165, 1.54) is 23.1 Å². The highest BCUT2D eigenvalue weighted by atomic mass is 16.4. The Balaban J connectivity index is 1.63. The second-order valence-electron chi connectivity index (χ2n) is 7.96. The normalized spacial score (nSPS) is 27.2. The number of aliphatic hydroxyl groups is 1. The van der Waals surface area contributed by atoms with E-state index in [-0.39, 0.29) is 24.2 Å². The maximum Gasteiger partial charge on any atom is 0.303 e. The summed E-state index contributed by atoms with van der Waals surface area (Å²) in [6, 6.07) is 9.08. The van der Waals surface area contributed by atoms with Gasteiger partial charge in [-0.2, -0.15) is 5.26 Å². The lowest BCUT2D eigenvalue weighted by atomic mass is 9.80. The molecule has 0 saturated heterocycles. The molecule has 0 aliphatic heterocycles. The smallest absolute Gasteiger partial charge is 0.303 e. The van der Waals surface area contributed by atoms with E-state index in [1.54, 1.807) is 0 Å². The summed E-state index contributed by atoms with van der Waals surface area (Å²) in [5.74, 6) is -0.550. The van der Waals surface area contributed by atoms with Gasteiger partial charge < -0.3 is 10.2 Å². The lowest BCUT2D eigenvalue weighted by molar-refractivity contribution is -0.137. The number of fused-ring (bicyclic) bond motifs is 1. The van der Waals surface area contributed by atoms with Crippen molar-refractivity contribution in [2.45, 2.75) is 76.2 Å². The van der Waals surface area contributed by atoms with Crippen LogP contribution < -0.4 is 0 Å². The predicted octanol–water partition coefficient (Wildman–Crippen LogP) is 4.20. The number of rotatable bonds is 8. The van der Waals surface area contributed by atoms with Crippen molar-refractivity contribution in [3.8, 4) is 6.07 Å². The number of unbranched alkanes of at least 4 members (excludes halogenated alkanes) is 3. The van der Waals surface area contributed by atoms with Gasteiger partial charge >= 0.3 is 5.97 Å². The Morgan fingerprint density at radius 3 is 2.69 bits per heavy atom. The first kappa shape index (κ1) is 18.9. The van der Waals surface area contributed by atoms with Crippen molar-refractivity contribution in [1.82, 2.24) is 0 Å². The lowest BCUT2D eigenvalue weighted by Gasteiger charge is -2.24. The number of carboxylic acid groups (broad SMARTS) is 1. The summed E-state index contributed by atoms with van der Waals surface area (Å²) < 4.78 is 0. The number of benzene rings is 1. The van der Waals surface area contributed by atoms with E-state index in [1.807, 2.05) is 0 Å². The number of nitriles is 1. The molecule has 3 rings (SSSR count). The third kappa shape index (κ3) is 4.27. The zero-order chi connectivity index (χ0) is 18.5. The van der Waals surface area contributed by atoms with Gasteiger partial charge in [-0.3, -0.25) is 4.79 Å². The minimum Gasteiger partial charge on any atom is -0.481 e. The van der Waals surface area contributed by atoms with Gasteiger partial charge in [0.2, 0.25) is 0 Å². The van der Waals surface area contributed by atoms with Crippen LogP contribution in [0.15, 0.2) is 18.2 Å². The van der Waals surface area contributed by atoms with Crippen LogP contribution in [0.2, 0.25) is 0 Å². The van der Waals surface area contributed by atoms with Crippen LogP contribution in [0.5, 0.6) is 0 Å². The van der Waals surface area contributed by atoms with Gasteiger partial charge in [-0.15, -0.1) is 0 Å². The molecule has 2 aliphatic rings. The summed E-state index contributed by atoms with van der Waals surface area (Å²) in [5, 5.41) is 28.9. The van der Waals surface area contributed by atoms with Crippen molar-refractivity contribution in [2.75, 3.05) is 0 Å². The molecule has 0 bridgehead atoms. The Bertz CT molecular complexity index is 678. The van der Waals surface area contributed by atoms with Gasteiger partial charge in [0.1, 0.15) is 0 Å². The zero-order valence-corrected chi connectivity index (χ0v) is 15.4. The Labute approximate surface area is 155 Å². The Morgan fingerprint density at radius 1 is 1.15 bits per heavy atom. The summed E-state index contributed by atoms with van der Waals surface area (Å²) in [6.07, 6.45) is 8.44. The molecule has 2 aliphatic carbocycles. The SMILES string of the molecule is N#C[C@@H]1C[C@@H](O)C(c2ccc3c(c2)CCC3)C1CCCCCCC(=O)O. The van der Waals surface area contributed by atoms with Gasteiger partial charge in [0, 0.05) is 12.3 Å². The molecule has 1 saturated carbocycles. The van der Waals surface area contributed by atoms with Crippen LogP contribution in [-0.4, -0.2) is 22.3 Å².